The standard InChI is InChI=1S/C20H21NO4/c1-24-20(23)15-11-9-14(10-12-15)19(22)21-16-5-4-8-18(13-16)25-17-6-2-3-7-17/h4-5,8-13,17H,2-3,6-7H2,1H3,(H,21,22). The van der Waals surface area contributed by atoms with Gasteiger partial charge in [0.15, 0.2) is 0 Å². The summed E-state index contributed by atoms with van der Waals surface area (Å²) in [5, 5.41) is 2.85. The number of esters is 1. The number of rotatable bonds is 5. The molecule has 2 aromatic rings. The van der Waals surface area contributed by atoms with Crippen molar-refractivity contribution in [1.82, 2.24) is 0 Å². The molecule has 1 fully saturated rings. The van der Waals surface area contributed by atoms with E-state index in [0.717, 1.165) is 18.6 Å². The van der Waals surface area contributed by atoms with Crippen molar-refractivity contribution >= 4 is 17.6 Å². The highest BCUT2D eigenvalue weighted by Gasteiger charge is 2.16. The number of hydrogen-bond donors (Lipinski definition) is 1. The zero-order valence-corrected chi connectivity index (χ0v) is 14.2. The van der Waals surface area contributed by atoms with Crippen LogP contribution in [-0.4, -0.2) is 25.1 Å². The van der Waals surface area contributed by atoms with Crippen LogP contribution >= 0.6 is 0 Å². The maximum atomic E-state index is 12.4. The second-order valence-corrected chi connectivity index (χ2v) is 6.08. The van der Waals surface area contributed by atoms with Crippen LogP contribution in [0.4, 0.5) is 5.69 Å². The van der Waals surface area contributed by atoms with Crippen molar-refractivity contribution in [1.29, 1.82) is 0 Å². The molecule has 3 rings (SSSR count). The van der Waals surface area contributed by atoms with Crippen LogP contribution in [0.15, 0.2) is 48.5 Å². The monoisotopic (exact) mass is 339 g/mol. The molecular weight excluding hydrogens is 318 g/mol. The Bertz CT molecular complexity index is 749. The molecule has 0 aliphatic heterocycles. The summed E-state index contributed by atoms with van der Waals surface area (Å²) in [5.41, 5.74) is 1.55. The Kier molecular flexibility index (Phi) is 5.33. The van der Waals surface area contributed by atoms with Crippen molar-refractivity contribution in [2.45, 2.75) is 31.8 Å². The third-order valence-electron chi connectivity index (χ3n) is 4.27. The van der Waals surface area contributed by atoms with Crippen molar-refractivity contribution in [2.24, 2.45) is 0 Å². The van der Waals surface area contributed by atoms with Crippen LogP contribution < -0.4 is 10.1 Å². The summed E-state index contributed by atoms with van der Waals surface area (Å²) in [6.07, 6.45) is 4.87. The summed E-state index contributed by atoms with van der Waals surface area (Å²) >= 11 is 0. The van der Waals surface area contributed by atoms with E-state index in [1.165, 1.54) is 20.0 Å². The summed E-state index contributed by atoms with van der Waals surface area (Å²) in [7, 11) is 1.32. The number of benzene rings is 2. The minimum Gasteiger partial charge on any atom is -0.490 e. The number of nitrogens with one attached hydrogen (secondary N) is 1. The minimum atomic E-state index is -0.427. The summed E-state index contributed by atoms with van der Waals surface area (Å²) in [5.74, 6) is 0.101. The molecule has 0 heterocycles. The van der Waals surface area contributed by atoms with Gasteiger partial charge >= 0.3 is 5.97 Å². The van der Waals surface area contributed by atoms with Crippen molar-refractivity contribution in [3.05, 3.63) is 59.7 Å². The second kappa shape index (κ2) is 7.83. The number of methoxy groups -OCH3 is 1. The molecule has 0 aromatic heterocycles. The Morgan fingerprint density at radius 2 is 1.68 bits per heavy atom. The van der Waals surface area contributed by atoms with Crippen LogP contribution in [0, 0.1) is 0 Å². The van der Waals surface area contributed by atoms with Gasteiger partial charge in [-0.3, -0.25) is 4.79 Å². The number of hydrogen-bond acceptors (Lipinski definition) is 4. The van der Waals surface area contributed by atoms with Gasteiger partial charge in [0.1, 0.15) is 5.75 Å². The van der Waals surface area contributed by atoms with Gasteiger partial charge in [-0.2, -0.15) is 0 Å². The summed E-state index contributed by atoms with van der Waals surface area (Å²) in [6.45, 7) is 0. The molecule has 1 amide bonds. The van der Waals surface area contributed by atoms with Gasteiger partial charge in [-0.05, 0) is 62.1 Å². The first-order chi connectivity index (χ1) is 12.2. The van der Waals surface area contributed by atoms with Crippen molar-refractivity contribution in [3.63, 3.8) is 0 Å². The Labute approximate surface area is 147 Å². The Balaban J connectivity index is 1.65. The van der Waals surface area contributed by atoms with Gasteiger partial charge in [-0.1, -0.05) is 6.07 Å². The fraction of sp³-hybridized carbons (Fsp3) is 0.300. The van der Waals surface area contributed by atoms with Gasteiger partial charge in [-0.15, -0.1) is 0 Å². The lowest BCUT2D eigenvalue weighted by Gasteiger charge is -2.14. The van der Waals surface area contributed by atoms with Crippen LogP contribution in [-0.2, 0) is 4.74 Å². The summed E-state index contributed by atoms with van der Waals surface area (Å²) in [6, 6.07) is 13.8. The topological polar surface area (TPSA) is 64.6 Å². The SMILES string of the molecule is COC(=O)c1ccc(C(=O)Nc2cccc(OC3CCCC3)c2)cc1. The zero-order valence-electron chi connectivity index (χ0n) is 14.2. The van der Waals surface area contributed by atoms with E-state index in [-0.39, 0.29) is 12.0 Å². The van der Waals surface area contributed by atoms with Crippen LogP contribution in [0.5, 0.6) is 5.75 Å². The van der Waals surface area contributed by atoms with Gasteiger partial charge in [0.25, 0.3) is 5.91 Å². The van der Waals surface area contributed by atoms with Gasteiger partial charge in [0.2, 0.25) is 0 Å². The molecule has 1 aliphatic rings. The van der Waals surface area contributed by atoms with E-state index in [4.69, 9.17) is 4.74 Å². The van der Waals surface area contributed by atoms with Crippen LogP contribution in [0.3, 0.4) is 0 Å². The van der Waals surface area contributed by atoms with Crippen LogP contribution in [0.25, 0.3) is 0 Å². The first kappa shape index (κ1) is 17.0. The normalized spacial score (nSPS) is 14.1. The van der Waals surface area contributed by atoms with Gasteiger partial charge in [0.05, 0.1) is 18.8 Å². The van der Waals surface area contributed by atoms with Crippen LogP contribution in [0.2, 0.25) is 0 Å². The molecule has 2 aromatic carbocycles. The van der Waals surface area contributed by atoms with Gasteiger partial charge in [0, 0.05) is 17.3 Å². The fourth-order valence-electron chi connectivity index (χ4n) is 2.92. The van der Waals surface area contributed by atoms with Crippen molar-refractivity contribution in [3.8, 4) is 5.75 Å². The first-order valence-corrected chi connectivity index (χ1v) is 8.42. The molecule has 0 saturated heterocycles. The van der Waals surface area contributed by atoms with Crippen molar-refractivity contribution in [2.75, 3.05) is 12.4 Å². The maximum absolute atomic E-state index is 12.4. The van der Waals surface area contributed by atoms with E-state index in [1.54, 1.807) is 24.3 Å². The molecule has 130 valence electrons. The largest absolute Gasteiger partial charge is 0.490 e. The van der Waals surface area contributed by atoms with E-state index < -0.39 is 5.97 Å². The van der Waals surface area contributed by atoms with Gasteiger partial charge in [-0.25, -0.2) is 4.79 Å². The number of ether oxygens (including phenoxy) is 2. The molecule has 0 spiro atoms. The number of carbonyl (C=O) groups is 2. The Hall–Kier alpha value is -2.82. The Morgan fingerprint density at radius 3 is 2.36 bits per heavy atom. The number of carbonyl (C=O) groups excluding carboxylic acids is 2. The number of anilines is 1. The number of amides is 1. The average Bonchev–Trinajstić information content (AvgIpc) is 3.14. The van der Waals surface area contributed by atoms with E-state index in [1.807, 2.05) is 24.3 Å². The van der Waals surface area contributed by atoms with Crippen LogP contribution in [0.1, 0.15) is 46.4 Å². The molecule has 0 radical (unpaired) electrons. The predicted molar refractivity (Wildman–Crippen MR) is 95.1 cm³/mol. The average molecular weight is 339 g/mol. The van der Waals surface area contributed by atoms with E-state index in [2.05, 4.69) is 10.1 Å². The highest BCUT2D eigenvalue weighted by Crippen LogP contribution is 2.26. The lowest BCUT2D eigenvalue weighted by Crippen LogP contribution is -2.13. The first-order valence-electron chi connectivity index (χ1n) is 8.42. The van der Waals surface area contributed by atoms with E-state index in [9.17, 15) is 9.59 Å². The lowest BCUT2D eigenvalue weighted by molar-refractivity contribution is 0.0600. The zero-order chi connectivity index (χ0) is 17.6. The molecule has 0 bridgehead atoms. The molecule has 5 nitrogen and oxygen atoms in total. The molecular formula is C20H21NO4. The van der Waals surface area contributed by atoms with E-state index >= 15 is 0 Å². The second-order valence-electron chi connectivity index (χ2n) is 6.08. The highest BCUT2D eigenvalue weighted by molar-refractivity contribution is 6.04. The third-order valence-corrected chi connectivity index (χ3v) is 4.27. The molecule has 1 saturated carbocycles. The Morgan fingerprint density at radius 1 is 1.00 bits per heavy atom. The highest BCUT2D eigenvalue weighted by atomic mass is 16.5. The van der Waals surface area contributed by atoms with Crippen molar-refractivity contribution < 1.29 is 19.1 Å². The predicted octanol–water partition coefficient (Wildman–Crippen LogP) is 4.05. The molecule has 25 heavy (non-hydrogen) atoms. The molecule has 5 heteroatoms. The maximum Gasteiger partial charge on any atom is 0.337 e. The molecule has 0 unspecified atom stereocenters. The quantitative estimate of drug-likeness (QED) is 0.835. The smallest absolute Gasteiger partial charge is 0.337 e. The molecule has 0 atom stereocenters. The lowest BCUT2D eigenvalue weighted by atomic mass is 10.1. The fourth-order valence-corrected chi connectivity index (χ4v) is 2.92. The summed E-state index contributed by atoms with van der Waals surface area (Å²) in [4.78, 5) is 23.8. The van der Waals surface area contributed by atoms with E-state index in [0.29, 0.717) is 16.8 Å². The summed E-state index contributed by atoms with van der Waals surface area (Å²) < 4.78 is 10.6. The molecule has 1 N–H and O–H groups in total. The van der Waals surface area contributed by atoms with Gasteiger partial charge < -0.3 is 14.8 Å². The minimum absolute atomic E-state index is 0.241. The third kappa shape index (κ3) is 4.38. The molecule has 1 aliphatic carbocycles.